The lowest BCUT2D eigenvalue weighted by atomic mass is 10.1. The molecule has 4 rings (SSSR count). The summed E-state index contributed by atoms with van der Waals surface area (Å²) >= 11 is 13.1. The van der Waals surface area contributed by atoms with E-state index in [1.54, 1.807) is 49.5 Å². The highest BCUT2D eigenvalue weighted by Gasteiger charge is 2.20. The highest BCUT2D eigenvalue weighted by molar-refractivity contribution is 6.38. The largest absolute Gasteiger partial charge is 0.487 e. The van der Waals surface area contributed by atoms with Crippen molar-refractivity contribution in [2.75, 3.05) is 25.6 Å². The van der Waals surface area contributed by atoms with Gasteiger partial charge >= 0.3 is 5.97 Å². The van der Waals surface area contributed by atoms with E-state index in [0.717, 1.165) is 16.6 Å². The molecule has 2 amide bonds. The molecule has 0 spiro atoms. The average Bonchev–Trinajstić information content (AvgIpc) is 2.98. The molecule has 0 aliphatic carbocycles. The average molecular weight is 592 g/mol. The van der Waals surface area contributed by atoms with Gasteiger partial charge in [0.2, 0.25) is 5.91 Å². The Morgan fingerprint density at radius 3 is 2.49 bits per heavy atom. The van der Waals surface area contributed by atoms with E-state index in [-0.39, 0.29) is 24.1 Å². The van der Waals surface area contributed by atoms with Gasteiger partial charge < -0.3 is 19.7 Å². The van der Waals surface area contributed by atoms with Gasteiger partial charge in [0, 0.05) is 40.4 Å². The Bertz CT molecular complexity index is 1640. The number of carbonyl (C=O) groups excluding carboxylic acids is 3. The van der Waals surface area contributed by atoms with Crippen LogP contribution in [0.2, 0.25) is 10.0 Å². The van der Waals surface area contributed by atoms with Crippen LogP contribution in [0.5, 0.6) is 5.75 Å². The summed E-state index contributed by atoms with van der Waals surface area (Å²) in [6, 6.07) is 19.4. The molecular weight excluding hydrogens is 565 g/mol. The molecule has 3 aromatic carbocycles. The Balaban J connectivity index is 1.41. The number of benzene rings is 3. The highest BCUT2D eigenvalue weighted by Crippen LogP contribution is 2.35. The third-order valence-electron chi connectivity index (χ3n) is 6.28. The molecule has 0 atom stereocenters. The molecule has 0 saturated carbocycles. The first-order chi connectivity index (χ1) is 19.7. The zero-order chi connectivity index (χ0) is 29.5. The standard InChI is InChI=1S/C31H27Cl2N3O5/c1-19-7-11-21-5-4-6-26(30(21)35-19)41-18-23-24(32)14-15-25(29(23)33)36(2)27(37)17-34-31(39)22-12-8-20(9-13-22)10-16-28(38)40-3/h4-16H,17-18H2,1-3H3,(H,34,39). The van der Waals surface area contributed by atoms with Crippen molar-refractivity contribution in [3.63, 3.8) is 0 Å². The van der Waals surface area contributed by atoms with Crippen molar-refractivity contribution in [3.8, 4) is 5.75 Å². The monoisotopic (exact) mass is 591 g/mol. The van der Waals surface area contributed by atoms with Gasteiger partial charge in [-0.25, -0.2) is 9.78 Å². The molecule has 4 aromatic rings. The lowest BCUT2D eigenvalue weighted by Crippen LogP contribution is -2.38. The van der Waals surface area contributed by atoms with E-state index in [4.69, 9.17) is 27.9 Å². The van der Waals surface area contributed by atoms with Crippen molar-refractivity contribution in [1.82, 2.24) is 10.3 Å². The summed E-state index contributed by atoms with van der Waals surface area (Å²) in [4.78, 5) is 42.7. The van der Waals surface area contributed by atoms with Crippen LogP contribution >= 0.6 is 23.2 Å². The van der Waals surface area contributed by atoms with Gasteiger partial charge in [0.15, 0.2) is 0 Å². The van der Waals surface area contributed by atoms with E-state index in [2.05, 4.69) is 15.0 Å². The molecule has 0 saturated heterocycles. The number of para-hydroxylation sites is 1. The zero-order valence-corrected chi connectivity index (χ0v) is 24.1. The van der Waals surface area contributed by atoms with Gasteiger partial charge in [-0.3, -0.25) is 9.59 Å². The van der Waals surface area contributed by atoms with Crippen LogP contribution in [-0.4, -0.2) is 43.5 Å². The highest BCUT2D eigenvalue weighted by atomic mass is 35.5. The van der Waals surface area contributed by atoms with Crippen LogP contribution in [0.4, 0.5) is 5.69 Å². The number of fused-ring (bicyclic) bond motifs is 1. The van der Waals surface area contributed by atoms with Gasteiger partial charge in [-0.2, -0.15) is 0 Å². The number of aryl methyl sites for hydroxylation is 1. The predicted molar refractivity (Wildman–Crippen MR) is 161 cm³/mol. The second-order valence-corrected chi connectivity index (χ2v) is 9.83. The first-order valence-corrected chi connectivity index (χ1v) is 13.3. The van der Waals surface area contributed by atoms with Crippen LogP contribution in [0.3, 0.4) is 0 Å². The van der Waals surface area contributed by atoms with E-state index < -0.39 is 11.9 Å². The molecule has 10 heteroatoms. The quantitative estimate of drug-likeness (QED) is 0.189. The number of rotatable bonds is 9. The van der Waals surface area contributed by atoms with Crippen molar-refractivity contribution in [2.24, 2.45) is 0 Å². The lowest BCUT2D eigenvalue weighted by Gasteiger charge is -2.21. The fourth-order valence-electron chi connectivity index (χ4n) is 3.95. The molecule has 0 aliphatic rings. The molecule has 1 N–H and O–H groups in total. The van der Waals surface area contributed by atoms with Crippen LogP contribution in [-0.2, 0) is 20.9 Å². The molecule has 0 radical (unpaired) electrons. The Labute approximate surface area is 247 Å². The summed E-state index contributed by atoms with van der Waals surface area (Å²) in [5.41, 5.74) is 3.60. The number of anilines is 1. The summed E-state index contributed by atoms with van der Waals surface area (Å²) < 4.78 is 10.6. The minimum atomic E-state index is -0.480. The zero-order valence-electron chi connectivity index (χ0n) is 22.6. The SMILES string of the molecule is COC(=O)C=Cc1ccc(C(=O)NCC(=O)N(C)c2ccc(Cl)c(COc3cccc4ccc(C)nc34)c2Cl)cc1. The number of nitrogens with one attached hydrogen (secondary N) is 1. The molecule has 0 fully saturated rings. The number of hydrogen-bond donors (Lipinski definition) is 1. The van der Waals surface area contributed by atoms with Gasteiger partial charge in [-0.05, 0) is 55.0 Å². The van der Waals surface area contributed by atoms with Gasteiger partial charge in [-0.1, -0.05) is 53.5 Å². The van der Waals surface area contributed by atoms with Gasteiger partial charge in [0.05, 0.1) is 24.4 Å². The number of halogens is 2. The van der Waals surface area contributed by atoms with Gasteiger partial charge in [0.1, 0.15) is 17.9 Å². The Kier molecular flexibility index (Phi) is 9.60. The van der Waals surface area contributed by atoms with Crippen LogP contribution in [0.1, 0.15) is 27.2 Å². The number of carbonyl (C=O) groups is 3. The number of nitrogens with zero attached hydrogens (tertiary/aromatic N) is 2. The van der Waals surface area contributed by atoms with E-state index in [9.17, 15) is 14.4 Å². The molecular formula is C31H27Cl2N3O5. The lowest BCUT2D eigenvalue weighted by molar-refractivity contribution is -0.134. The molecule has 0 unspecified atom stereocenters. The summed E-state index contributed by atoms with van der Waals surface area (Å²) in [6.07, 6.45) is 2.85. The number of ether oxygens (including phenoxy) is 2. The first kappa shape index (κ1) is 29.6. The van der Waals surface area contributed by atoms with Crippen molar-refractivity contribution in [3.05, 3.63) is 105 Å². The van der Waals surface area contributed by atoms with Crippen molar-refractivity contribution >= 4 is 63.7 Å². The van der Waals surface area contributed by atoms with Crippen LogP contribution < -0.4 is 15.0 Å². The first-order valence-electron chi connectivity index (χ1n) is 12.5. The van der Waals surface area contributed by atoms with Gasteiger partial charge in [-0.15, -0.1) is 0 Å². The predicted octanol–water partition coefficient (Wildman–Crippen LogP) is 6.01. The third-order valence-corrected chi connectivity index (χ3v) is 7.06. The number of likely N-dealkylation sites (N-methyl/N-ethyl adjacent to an activating group) is 1. The molecule has 1 aromatic heterocycles. The molecule has 1 heterocycles. The van der Waals surface area contributed by atoms with Crippen molar-refractivity contribution in [1.29, 1.82) is 0 Å². The number of pyridine rings is 1. The smallest absolute Gasteiger partial charge is 0.330 e. The number of amides is 2. The Morgan fingerprint density at radius 2 is 1.76 bits per heavy atom. The Morgan fingerprint density at radius 1 is 1.00 bits per heavy atom. The topological polar surface area (TPSA) is 97.8 Å². The van der Waals surface area contributed by atoms with Crippen LogP contribution in [0.15, 0.2) is 72.8 Å². The minimum absolute atomic E-state index is 0.0593. The second-order valence-electron chi connectivity index (χ2n) is 9.04. The molecule has 41 heavy (non-hydrogen) atoms. The maximum Gasteiger partial charge on any atom is 0.330 e. The fraction of sp³-hybridized carbons (Fsp3) is 0.161. The Hall–Kier alpha value is -4.40. The van der Waals surface area contributed by atoms with Crippen LogP contribution in [0.25, 0.3) is 17.0 Å². The maximum absolute atomic E-state index is 12.9. The second kappa shape index (κ2) is 13.3. The van der Waals surface area contributed by atoms with E-state index in [1.165, 1.54) is 18.1 Å². The third kappa shape index (κ3) is 7.22. The summed E-state index contributed by atoms with van der Waals surface area (Å²) in [5, 5.41) is 4.22. The summed E-state index contributed by atoms with van der Waals surface area (Å²) in [7, 11) is 2.85. The number of esters is 1. The van der Waals surface area contributed by atoms with Crippen LogP contribution in [0, 0.1) is 6.92 Å². The summed E-state index contributed by atoms with van der Waals surface area (Å²) in [6.45, 7) is 1.71. The normalized spacial score (nSPS) is 11.0. The molecule has 210 valence electrons. The molecule has 8 nitrogen and oxygen atoms in total. The van der Waals surface area contributed by atoms with Gasteiger partial charge in [0.25, 0.3) is 5.91 Å². The van der Waals surface area contributed by atoms with E-state index in [0.29, 0.717) is 33.1 Å². The fourth-order valence-corrected chi connectivity index (χ4v) is 4.56. The molecule has 0 bridgehead atoms. The summed E-state index contributed by atoms with van der Waals surface area (Å²) in [5.74, 6) is -0.707. The maximum atomic E-state index is 12.9. The van der Waals surface area contributed by atoms with E-state index in [1.807, 2.05) is 37.3 Å². The number of aromatic nitrogens is 1. The van der Waals surface area contributed by atoms with E-state index >= 15 is 0 Å². The molecule has 0 aliphatic heterocycles. The number of hydrogen-bond acceptors (Lipinski definition) is 6. The minimum Gasteiger partial charge on any atom is -0.487 e. The van der Waals surface area contributed by atoms with Crippen molar-refractivity contribution in [2.45, 2.75) is 13.5 Å². The van der Waals surface area contributed by atoms with Crippen molar-refractivity contribution < 1.29 is 23.9 Å². The number of methoxy groups -OCH3 is 1.